The van der Waals surface area contributed by atoms with Gasteiger partial charge in [0.15, 0.2) is 6.04 Å². The molecule has 0 heterocycles. The number of aliphatic carboxylic acids is 1. The molecule has 1 amide bonds. The van der Waals surface area contributed by atoms with Crippen molar-refractivity contribution in [3.05, 3.63) is 35.9 Å². The maximum atomic E-state index is 11.7. The summed E-state index contributed by atoms with van der Waals surface area (Å²) in [6.07, 6.45) is 0. The summed E-state index contributed by atoms with van der Waals surface area (Å²) >= 11 is 0. The Morgan fingerprint density at radius 3 is 2.32 bits per heavy atom. The molecule has 0 unspecified atom stereocenters. The second-order valence-electron chi connectivity index (χ2n) is 5.15. The summed E-state index contributed by atoms with van der Waals surface area (Å²) in [5.41, 5.74) is 0.0853. The van der Waals surface area contributed by atoms with Crippen molar-refractivity contribution in [3.63, 3.8) is 0 Å². The van der Waals surface area contributed by atoms with Crippen LogP contribution in [0.25, 0.3) is 0 Å². The summed E-state index contributed by atoms with van der Waals surface area (Å²) in [5.74, 6) is -1.55. The standard InChI is InChI=1S/C14H19NO4/c1-14(2,3)19-9-11(16)15-12(13(17)18)10-7-5-4-6-8-10/h4-8,12H,9H2,1-3H3,(H,15,16)(H,17,18)/t12-/m1/s1. The van der Waals surface area contributed by atoms with Crippen LogP contribution in [-0.4, -0.2) is 29.2 Å². The van der Waals surface area contributed by atoms with Gasteiger partial charge in [-0.1, -0.05) is 30.3 Å². The predicted molar refractivity (Wildman–Crippen MR) is 70.7 cm³/mol. The van der Waals surface area contributed by atoms with Crippen LogP contribution < -0.4 is 5.32 Å². The van der Waals surface area contributed by atoms with Crippen LogP contribution in [0.1, 0.15) is 32.4 Å². The average Bonchev–Trinajstić information content (AvgIpc) is 2.33. The lowest BCUT2D eigenvalue weighted by atomic mass is 10.1. The molecule has 5 nitrogen and oxygen atoms in total. The summed E-state index contributed by atoms with van der Waals surface area (Å²) in [6.45, 7) is 5.31. The van der Waals surface area contributed by atoms with Crippen LogP contribution in [-0.2, 0) is 14.3 Å². The Kier molecular flexibility index (Phi) is 5.06. The van der Waals surface area contributed by atoms with E-state index in [4.69, 9.17) is 9.84 Å². The summed E-state index contributed by atoms with van der Waals surface area (Å²) < 4.78 is 5.30. The quantitative estimate of drug-likeness (QED) is 0.850. The third kappa shape index (κ3) is 5.52. The number of rotatable bonds is 5. The van der Waals surface area contributed by atoms with Crippen molar-refractivity contribution in [2.75, 3.05) is 6.61 Å². The van der Waals surface area contributed by atoms with Gasteiger partial charge in [0.2, 0.25) is 5.91 Å². The molecule has 2 N–H and O–H groups in total. The first-order valence-electron chi connectivity index (χ1n) is 6.00. The number of carbonyl (C=O) groups is 2. The summed E-state index contributed by atoms with van der Waals surface area (Å²) in [6, 6.07) is 7.49. The number of benzene rings is 1. The van der Waals surface area contributed by atoms with Gasteiger partial charge in [0.1, 0.15) is 6.61 Å². The Labute approximate surface area is 112 Å². The molecule has 0 aliphatic heterocycles. The molecule has 1 atom stereocenters. The van der Waals surface area contributed by atoms with E-state index in [0.29, 0.717) is 5.56 Å². The molecule has 0 saturated carbocycles. The lowest BCUT2D eigenvalue weighted by Gasteiger charge is -2.20. The van der Waals surface area contributed by atoms with Crippen LogP contribution in [0.3, 0.4) is 0 Å². The van der Waals surface area contributed by atoms with Gasteiger partial charge in [-0.25, -0.2) is 4.79 Å². The maximum Gasteiger partial charge on any atom is 0.330 e. The molecule has 0 spiro atoms. The molecule has 0 bridgehead atoms. The van der Waals surface area contributed by atoms with E-state index in [9.17, 15) is 9.59 Å². The number of hydrogen-bond acceptors (Lipinski definition) is 3. The van der Waals surface area contributed by atoms with Gasteiger partial charge in [0, 0.05) is 0 Å². The van der Waals surface area contributed by atoms with Gasteiger partial charge in [-0.3, -0.25) is 4.79 Å². The molecular formula is C14H19NO4. The van der Waals surface area contributed by atoms with E-state index in [0.717, 1.165) is 0 Å². The zero-order valence-electron chi connectivity index (χ0n) is 11.3. The van der Waals surface area contributed by atoms with Crippen molar-refractivity contribution in [2.45, 2.75) is 32.4 Å². The molecule has 1 aromatic carbocycles. The van der Waals surface area contributed by atoms with E-state index in [2.05, 4.69) is 5.32 Å². The van der Waals surface area contributed by atoms with Crippen LogP contribution in [0.2, 0.25) is 0 Å². The summed E-state index contributed by atoms with van der Waals surface area (Å²) in [4.78, 5) is 22.9. The molecule has 1 rings (SSSR count). The first-order valence-corrected chi connectivity index (χ1v) is 6.00. The SMILES string of the molecule is CC(C)(C)OCC(=O)N[C@@H](C(=O)O)c1ccccc1. The topological polar surface area (TPSA) is 75.6 Å². The Hall–Kier alpha value is -1.88. The lowest BCUT2D eigenvalue weighted by molar-refractivity contribution is -0.143. The van der Waals surface area contributed by atoms with Crippen LogP contribution in [0, 0.1) is 0 Å². The van der Waals surface area contributed by atoms with Gasteiger partial charge in [-0.05, 0) is 26.3 Å². The molecule has 0 radical (unpaired) electrons. The van der Waals surface area contributed by atoms with E-state index in [1.165, 1.54) is 0 Å². The molecule has 104 valence electrons. The highest BCUT2D eigenvalue weighted by molar-refractivity contribution is 5.85. The van der Waals surface area contributed by atoms with Gasteiger partial charge in [0.05, 0.1) is 5.60 Å². The van der Waals surface area contributed by atoms with Crippen LogP contribution >= 0.6 is 0 Å². The fourth-order valence-electron chi connectivity index (χ4n) is 1.42. The number of carboxylic acids is 1. The minimum Gasteiger partial charge on any atom is -0.479 e. The normalized spacial score (nSPS) is 12.8. The number of ether oxygens (including phenoxy) is 1. The molecule has 0 aliphatic carbocycles. The number of nitrogens with one attached hydrogen (secondary N) is 1. The van der Waals surface area contributed by atoms with Crippen LogP contribution in [0.4, 0.5) is 0 Å². The van der Waals surface area contributed by atoms with Crippen molar-refractivity contribution in [1.29, 1.82) is 0 Å². The first-order chi connectivity index (χ1) is 8.79. The number of carboxylic acid groups (broad SMARTS) is 1. The molecule has 5 heteroatoms. The van der Waals surface area contributed by atoms with Crippen molar-refractivity contribution < 1.29 is 19.4 Å². The fraction of sp³-hybridized carbons (Fsp3) is 0.429. The smallest absolute Gasteiger partial charge is 0.330 e. The summed E-state index contributed by atoms with van der Waals surface area (Å²) in [5, 5.41) is 11.6. The van der Waals surface area contributed by atoms with Gasteiger partial charge in [-0.2, -0.15) is 0 Å². The molecule has 19 heavy (non-hydrogen) atoms. The lowest BCUT2D eigenvalue weighted by Crippen LogP contribution is -2.37. The Morgan fingerprint density at radius 1 is 1.26 bits per heavy atom. The number of hydrogen-bond donors (Lipinski definition) is 2. The van der Waals surface area contributed by atoms with Gasteiger partial charge >= 0.3 is 5.97 Å². The fourth-order valence-corrected chi connectivity index (χ4v) is 1.42. The molecule has 0 saturated heterocycles. The van der Waals surface area contributed by atoms with Crippen molar-refractivity contribution in [2.24, 2.45) is 0 Å². The molecule has 1 aromatic rings. The van der Waals surface area contributed by atoms with Crippen molar-refractivity contribution >= 4 is 11.9 Å². The average molecular weight is 265 g/mol. The zero-order chi connectivity index (χ0) is 14.5. The number of amides is 1. The molecule has 0 fully saturated rings. The van der Waals surface area contributed by atoms with Gasteiger partial charge < -0.3 is 15.2 Å². The largest absolute Gasteiger partial charge is 0.479 e. The predicted octanol–water partition coefficient (Wildman–Crippen LogP) is 1.74. The monoisotopic (exact) mass is 265 g/mol. The minimum absolute atomic E-state index is 0.167. The molecule has 0 aromatic heterocycles. The van der Waals surface area contributed by atoms with Crippen LogP contribution in [0.5, 0.6) is 0 Å². The van der Waals surface area contributed by atoms with Gasteiger partial charge in [-0.15, -0.1) is 0 Å². The Balaban J connectivity index is 2.65. The molecule has 0 aliphatic rings. The maximum absolute atomic E-state index is 11.7. The zero-order valence-corrected chi connectivity index (χ0v) is 11.3. The Bertz CT molecular complexity index is 437. The second kappa shape index (κ2) is 6.33. The second-order valence-corrected chi connectivity index (χ2v) is 5.15. The summed E-state index contributed by atoms with van der Waals surface area (Å²) in [7, 11) is 0. The minimum atomic E-state index is -1.10. The van der Waals surface area contributed by atoms with E-state index in [1.54, 1.807) is 30.3 Å². The van der Waals surface area contributed by atoms with Crippen molar-refractivity contribution in [1.82, 2.24) is 5.32 Å². The van der Waals surface area contributed by atoms with E-state index >= 15 is 0 Å². The first kappa shape index (κ1) is 15.2. The van der Waals surface area contributed by atoms with Crippen molar-refractivity contribution in [3.8, 4) is 0 Å². The third-order valence-electron chi connectivity index (χ3n) is 2.32. The highest BCUT2D eigenvalue weighted by Gasteiger charge is 2.22. The number of carbonyl (C=O) groups excluding carboxylic acids is 1. The molecular weight excluding hydrogens is 246 g/mol. The Morgan fingerprint density at radius 2 is 1.84 bits per heavy atom. The van der Waals surface area contributed by atoms with E-state index in [1.807, 2.05) is 20.8 Å². The third-order valence-corrected chi connectivity index (χ3v) is 2.32. The van der Waals surface area contributed by atoms with E-state index in [-0.39, 0.29) is 6.61 Å². The van der Waals surface area contributed by atoms with E-state index < -0.39 is 23.5 Å². The highest BCUT2D eigenvalue weighted by atomic mass is 16.5. The van der Waals surface area contributed by atoms with Crippen LogP contribution in [0.15, 0.2) is 30.3 Å². The highest BCUT2D eigenvalue weighted by Crippen LogP contribution is 2.13. The van der Waals surface area contributed by atoms with Gasteiger partial charge in [0.25, 0.3) is 0 Å².